The number of rotatable bonds is 3. The molecular weight excluding hydrogens is 122 g/mol. The van der Waals surface area contributed by atoms with Crippen molar-refractivity contribution < 1.29 is 0 Å². The Kier molecular flexibility index (Phi) is 2.81. The first-order valence-corrected chi connectivity index (χ1v) is 3.56. The summed E-state index contributed by atoms with van der Waals surface area (Å²) in [5.41, 5.74) is 1.16. The van der Waals surface area contributed by atoms with Crippen LogP contribution in [-0.2, 0) is 0 Å². The van der Waals surface area contributed by atoms with Gasteiger partial charge in [-0.2, -0.15) is 0 Å². The Morgan fingerprint density at radius 1 is 1.30 bits per heavy atom. The van der Waals surface area contributed by atoms with Crippen molar-refractivity contribution in [2.75, 3.05) is 5.32 Å². The van der Waals surface area contributed by atoms with Crippen LogP contribution < -0.4 is 5.32 Å². The van der Waals surface area contributed by atoms with Gasteiger partial charge in [-0.1, -0.05) is 25.1 Å². The molecule has 0 spiro atoms. The third-order valence-electron chi connectivity index (χ3n) is 1.25. The molecule has 0 atom stereocenters. The van der Waals surface area contributed by atoms with E-state index in [2.05, 4.69) is 12.2 Å². The van der Waals surface area contributed by atoms with Gasteiger partial charge in [-0.25, -0.2) is 0 Å². The van der Waals surface area contributed by atoms with Crippen LogP contribution in [0.15, 0.2) is 30.3 Å². The van der Waals surface area contributed by atoms with Crippen molar-refractivity contribution in [3.63, 3.8) is 0 Å². The molecule has 0 aliphatic heterocycles. The Balaban J connectivity index is 2.43. The van der Waals surface area contributed by atoms with Crippen LogP contribution in [0.1, 0.15) is 13.3 Å². The largest absolute Gasteiger partial charge is 0.380 e. The summed E-state index contributed by atoms with van der Waals surface area (Å²) in [6.45, 7) is 4.14. The van der Waals surface area contributed by atoms with Gasteiger partial charge in [0.15, 0.2) is 0 Å². The van der Waals surface area contributed by atoms with Gasteiger partial charge in [0, 0.05) is 12.2 Å². The maximum absolute atomic E-state index is 3.17. The fraction of sp³-hybridized carbons (Fsp3) is 0.222. The fourth-order valence-electron chi connectivity index (χ4n) is 0.754. The summed E-state index contributed by atoms with van der Waals surface area (Å²) in [5.74, 6) is 0. The molecule has 0 aliphatic rings. The summed E-state index contributed by atoms with van der Waals surface area (Å²) in [7, 11) is 0. The monoisotopic (exact) mass is 134 g/mol. The molecule has 1 aromatic rings. The molecule has 1 rings (SSSR count). The van der Waals surface area contributed by atoms with Crippen LogP contribution >= 0.6 is 0 Å². The maximum Gasteiger partial charge on any atom is 0.0460 e. The number of benzene rings is 1. The van der Waals surface area contributed by atoms with Crippen molar-refractivity contribution >= 4 is 5.69 Å². The maximum atomic E-state index is 3.17. The molecule has 0 saturated carbocycles. The van der Waals surface area contributed by atoms with Gasteiger partial charge in [0.25, 0.3) is 0 Å². The molecule has 0 unspecified atom stereocenters. The van der Waals surface area contributed by atoms with E-state index in [-0.39, 0.29) is 0 Å². The fourth-order valence-corrected chi connectivity index (χ4v) is 0.754. The zero-order valence-electron chi connectivity index (χ0n) is 6.17. The van der Waals surface area contributed by atoms with E-state index in [1.807, 2.05) is 36.9 Å². The normalized spacial score (nSPS) is 9.30. The molecule has 0 saturated heterocycles. The SMILES string of the molecule is CC[CH]Nc1ccccc1. The van der Waals surface area contributed by atoms with Crippen LogP contribution in [0.4, 0.5) is 5.69 Å². The van der Waals surface area contributed by atoms with Crippen LogP contribution in [0.3, 0.4) is 0 Å². The van der Waals surface area contributed by atoms with Crippen LogP contribution in [0.25, 0.3) is 0 Å². The van der Waals surface area contributed by atoms with Gasteiger partial charge in [-0.05, 0) is 18.6 Å². The molecule has 0 aliphatic carbocycles. The number of hydrogen-bond acceptors (Lipinski definition) is 1. The van der Waals surface area contributed by atoms with Gasteiger partial charge in [0.05, 0.1) is 0 Å². The second kappa shape index (κ2) is 3.94. The van der Waals surface area contributed by atoms with Crippen molar-refractivity contribution in [3.8, 4) is 0 Å². The highest BCUT2D eigenvalue weighted by Crippen LogP contribution is 2.05. The zero-order valence-corrected chi connectivity index (χ0v) is 6.17. The highest BCUT2D eigenvalue weighted by molar-refractivity contribution is 5.43. The topological polar surface area (TPSA) is 12.0 Å². The van der Waals surface area contributed by atoms with Crippen LogP contribution in [0.5, 0.6) is 0 Å². The summed E-state index contributed by atoms with van der Waals surface area (Å²) < 4.78 is 0. The number of anilines is 1. The van der Waals surface area contributed by atoms with E-state index in [1.165, 1.54) is 0 Å². The van der Waals surface area contributed by atoms with Crippen molar-refractivity contribution in [1.82, 2.24) is 0 Å². The predicted octanol–water partition coefficient (Wildman–Crippen LogP) is 2.67. The second-order valence-corrected chi connectivity index (χ2v) is 2.12. The molecule has 0 aromatic heterocycles. The molecule has 53 valence electrons. The highest BCUT2D eigenvalue weighted by atomic mass is 14.9. The first kappa shape index (κ1) is 7.13. The number of para-hydroxylation sites is 1. The summed E-state index contributed by atoms with van der Waals surface area (Å²) in [5, 5.41) is 3.17. The minimum absolute atomic E-state index is 1.05. The van der Waals surface area contributed by atoms with Gasteiger partial charge in [-0.15, -0.1) is 0 Å². The molecule has 0 amide bonds. The molecule has 0 heterocycles. The molecular formula is C9H12N. The van der Waals surface area contributed by atoms with Crippen molar-refractivity contribution in [1.29, 1.82) is 0 Å². The van der Waals surface area contributed by atoms with Crippen molar-refractivity contribution in [3.05, 3.63) is 36.9 Å². The van der Waals surface area contributed by atoms with E-state index in [4.69, 9.17) is 0 Å². The Morgan fingerprint density at radius 2 is 2.00 bits per heavy atom. The Bertz CT molecular complexity index is 169. The molecule has 1 aromatic carbocycles. The molecule has 10 heavy (non-hydrogen) atoms. The Labute approximate surface area is 62.1 Å². The molecule has 0 bridgehead atoms. The van der Waals surface area contributed by atoms with Gasteiger partial charge in [-0.3, -0.25) is 0 Å². The standard InChI is InChI=1S/C9H12N/c1-2-8-10-9-6-4-3-5-7-9/h3-8,10H,2H2,1H3. The Morgan fingerprint density at radius 3 is 2.60 bits per heavy atom. The van der Waals surface area contributed by atoms with Gasteiger partial charge >= 0.3 is 0 Å². The van der Waals surface area contributed by atoms with E-state index in [1.54, 1.807) is 0 Å². The molecule has 0 fully saturated rings. The molecule has 1 nitrogen and oxygen atoms in total. The average Bonchev–Trinajstić information content (AvgIpc) is 2.03. The summed E-state index contributed by atoms with van der Waals surface area (Å²) in [6.07, 6.45) is 1.05. The van der Waals surface area contributed by atoms with E-state index < -0.39 is 0 Å². The number of hydrogen-bond donors (Lipinski definition) is 1. The minimum Gasteiger partial charge on any atom is -0.380 e. The molecule has 1 N–H and O–H groups in total. The highest BCUT2D eigenvalue weighted by Gasteiger charge is 1.84. The van der Waals surface area contributed by atoms with E-state index in [0.29, 0.717) is 0 Å². The quantitative estimate of drug-likeness (QED) is 0.670. The van der Waals surface area contributed by atoms with Crippen molar-refractivity contribution in [2.24, 2.45) is 0 Å². The van der Waals surface area contributed by atoms with Gasteiger partial charge in [0.2, 0.25) is 0 Å². The third kappa shape index (κ3) is 2.09. The van der Waals surface area contributed by atoms with E-state index in [0.717, 1.165) is 12.1 Å². The van der Waals surface area contributed by atoms with E-state index in [9.17, 15) is 0 Å². The first-order chi connectivity index (χ1) is 4.93. The van der Waals surface area contributed by atoms with Crippen LogP contribution in [0.2, 0.25) is 0 Å². The lowest BCUT2D eigenvalue weighted by Gasteiger charge is -2.01. The number of nitrogens with one attached hydrogen (secondary N) is 1. The molecule has 1 heteroatoms. The van der Waals surface area contributed by atoms with Crippen molar-refractivity contribution in [2.45, 2.75) is 13.3 Å². The minimum atomic E-state index is 1.05. The predicted molar refractivity (Wildman–Crippen MR) is 44.7 cm³/mol. The second-order valence-electron chi connectivity index (χ2n) is 2.12. The van der Waals surface area contributed by atoms with Gasteiger partial charge < -0.3 is 5.32 Å². The summed E-state index contributed by atoms with van der Waals surface area (Å²) >= 11 is 0. The van der Waals surface area contributed by atoms with Crippen LogP contribution in [0, 0.1) is 6.54 Å². The first-order valence-electron chi connectivity index (χ1n) is 3.56. The Hall–Kier alpha value is -0.980. The lowest BCUT2D eigenvalue weighted by molar-refractivity contribution is 1.10. The molecule has 1 radical (unpaired) electrons. The third-order valence-corrected chi connectivity index (χ3v) is 1.25. The average molecular weight is 134 g/mol. The van der Waals surface area contributed by atoms with Crippen LogP contribution in [-0.4, -0.2) is 0 Å². The lowest BCUT2D eigenvalue weighted by atomic mass is 10.3. The summed E-state index contributed by atoms with van der Waals surface area (Å²) in [6, 6.07) is 10.1. The lowest BCUT2D eigenvalue weighted by Crippen LogP contribution is -1.91. The zero-order chi connectivity index (χ0) is 7.23. The smallest absolute Gasteiger partial charge is 0.0460 e. The summed E-state index contributed by atoms with van der Waals surface area (Å²) in [4.78, 5) is 0. The van der Waals surface area contributed by atoms with E-state index >= 15 is 0 Å². The van der Waals surface area contributed by atoms with Gasteiger partial charge in [0.1, 0.15) is 0 Å².